The Morgan fingerprint density at radius 3 is 2.72 bits per heavy atom. The second kappa shape index (κ2) is 9.49. The largest absolute Gasteiger partial charge is 0.387 e. The van der Waals surface area contributed by atoms with Gasteiger partial charge in [-0.05, 0) is 37.1 Å². The lowest BCUT2D eigenvalue weighted by Gasteiger charge is -2.10. The van der Waals surface area contributed by atoms with E-state index in [1.165, 1.54) is 6.33 Å². The summed E-state index contributed by atoms with van der Waals surface area (Å²) in [5.41, 5.74) is 4.69. The summed E-state index contributed by atoms with van der Waals surface area (Å²) in [5, 5.41) is 16.5. The van der Waals surface area contributed by atoms with Gasteiger partial charge in [0.15, 0.2) is 0 Å². The van der Waals surface area contributed by atoms with Gasteiger partial charge in [-0.1, -0.05) is 18.2 Å². The fourth-order valence-electron chi connectivity index (χ4n) is 3.51. The molecule has 1 unspecified atom stereocenters. The van der Waals surface area contributed by atoms with E-state index >= 15 is 0 Å². The topological polar surface area (TPSA) is 113 Å². The molecule has 3 heterocycles. The minimum atomic E-state index is -0.609. The number of rotatable bonds is 7. The third-order valence-corrected chi connectivity index (χ3v) is 5.20. The zero-order chi connectivity index (χ0) is 22.5. The summed E-state index contributed by atoms with van der Waals surface area (Å²) in [6, 6.07) is 13.1. The van der Waals surface area contributed by atoms with Crippen molar-refractivity contribution in [2.45, 2.75) is 19.4 Å². The molecule has 0 aliphatic carbocycles. The summed E-state index contributed by atoms with van der Waals surface area (Å²) in [6.45, 7) is 2.32. The summed E-state index contributed by atoms with van der Waals surface area (Å²) in [5.74, 6) is 0.575. The molecule has 3 N–H and O–H groups in total. The Hall–Kier alpha value is -3.91. The highest BCUT2D eigenvalue weighted by molar-refractivity contribution is 6.06. The Bertz CT molecular complexity index is 1240. The van der Waals surface area contributed by atoms with Crippen LogP contribution in [0.25, 0.3) is 22.2 Å². The molecule has 0 bridgehead atoms. The number of nitrogens with zero attached hydrogens (tertiary/aromatic N) is 4. The van der Waals surface area contributed by atoms with Gasteiger partial charge in [0, 0.05) is 43.0 Å². The van der Waals surface area contributed by atoms with E-state index < -0.39 is 6.10 Å². The molecule has 162 valence electrons. The molecule has 32 heavy (non-hydrogen) atoms. The number of para-hydroxylation sites is 1. The van der Waals surface area contributed by atoms with Gasteiger partial charge in [-0.2, -0.15) is 0 Å². The Morgan fingerprint density at radius 1 is 1.09 bits per heavy atom. The molecule has 0 fully saturated rings. The lowest BCUT2D eigenvalue weighted by molar-refractivity contribution is 0.0964. The third kappa shape index (κ3) is 4.55. The van der Waals surface area contributed by atoms with Crippen molar-refractivity contribution in [2.75, 3.05) is 18.9 Å². The third-order valence-electron chi connectivity index (χ3n) is 5.20. The summed E-state index contributed by atoms with van der Waals surface area (Å²) in [4.78, 5) is 29.6. The molecule has 0 saturated carbocycles. The van der Waals surface area contributed by atoms with E-state index in [0.717, 1.165) is 27.7 Å². The molecule has 1 aromatic carbocycles. The number of aliphatic hydroxyl groups is 1. The predicted octanol–water partition coefficient (Wildman–Crippen LogP) is 3.15. The van der Waals surface area contributed by atoms with Crippen molar-refractivity contribution in [3.8, 4) is 11.3 Å². The Kier molecular flexibility index (Phi) is 6.32. The number of nitrogens with one attached hydrogen (secondary N) is 2. The van der Waals surface area contributed by atoms with E-state index in [1.54, 1.807) is 38.5 Å². The first-order chi connectivity index (χ1) is 15.6. The quantitative estimate of drug-likeness (QED) is 0.414. The molecule has 0 aliphatic heterocycles. The van der Waals surface area contributed by atoms with E-state index in [4.69, 9.17) is 0 Å². The van der Waals surface area contributed by atoms with Crippen molar-refractivity contribution in [2.24, 2.45) is 0 Å². The SMILES string of the molecule is CNC(=O)c1ccnc2c(CCNc3cc(-c4ccc(C(C)O)nc4)ncn3)cccc12. The molecule has 0 saturated heterocycles. The lowest BCUT2D eigenvalue weighted by Crippen LogP contribution is -2.18. The molecule has 3 aromatic heterocycles. The number of aromatic nitrogens is 4. The first-order valence-electron chi connectivity index (χ1n) is 10.4. The molecule has 0 aliphatic rings. The molecule has 1 atom stereocenters. The normalized spacial score (nSPS) is 11.8. The van der Waals surface area contributed by atoms with Crippen molar-refractivity contribution >= 4 is 22.6 Å². The van der Waals surface area contributed by atoms with Gasteiger partial charge in [-0.3, -0.25) is 14.8 Å². The lowest BCUT2D eigenvalue weighted by atomic mass is 10.0. The van der Waals surface area contributed by atoms with E-state index in [1.807, 2.05) is 30.3 Å². The minimum Gasteiger partial charge on any atom is -0.387 e. The summed E-state index contributed by atoms with van der Waals surface area (Å²) in [6.07, 6.45) is 4.97. The minimum absolute atomic E-state index is 0.128. The fraction of sp³-hybridized carbons (Fsp3) is 0.208. The summed E-state index contributed by atoms with van der Waals surface area (Å²) in [7, 11) is 1.62. The standard InChI is InChI=1S/C24H24N6O2/c1-15(31)20-7-6-17(13-28-20)21-12-22(30-14-29-21)26-10-8-16-4-3-5-18-19(24(32)25-2)9-11-27-23(16)18/h3-7,9,11-15,31H,8,10H2,1-2H3,(H,25,32)(H,26,29,30). The first-order valence-corrected chi connectivity index (χ1v) is 10.4. The molecule has 0 radical (unpaired) electrons. The molecule has 4 rings (SSSR count). The average Bonchev–Trinajstić information content (AvgIpc) is 2.83. The second-order valence-corrected chi connectivity index (χ2v) is 7.36. The van der Waals surface area contributed by atoms with Crippen LogP contribution in [0.5, 0.6) is 0 Å². The highest BCUT2D eigenvalue weighted by atomic mass is 16.3. The highest BCUT2D eigenvalue weighted by Crippen LogP contribution is 2.22. The van der Waals surface area contributed by atoms with Gasteiger partial charge in [0.05, 0.1) is 28.6 Å². The number of aliphatic hydroxyl groups excluding tert-OH is 1. The number of carbonyl (C=O) groups is 1. The van der Waals surface area contributed by atoms with Crippen LogP contribution in [-0.4, -0.2) is 44.5 Å². The Balaban J connectivity index is 1.48. The summed E-state index contributed by atoms with van der Waals surface area (Å²) < 4.78 is 0. The molecule has 8 heteroatoms. The van der Waals surface area contributed by atoms with Gasteiger partial charge >= 0.3 is 0 Å². The van der Waals surface area contributed by atoms with E-state index in [9.17, 15) is 9.90 Å². The number of pyridine rings is 2. The van der Waals surface area contributed by atoms with E-state index in [0.29, 0.717) is 30.0 Å². The van der Waals surface area contributed by atoms with Gasteiger partial charge < -0.3 is 15.7 Å². The number of carbonyl (C=O) groups excluding carboxylic acids is 1. The maximum absolute atomic E-state index is 12.2. The van der Waals surface area contributed by atoms with Crippen molar-refractivity contribution in [1.29, 1.82) is 0 Å². The predicted molar refractivity (Wildman–Crippen MR) is 123 cm³/mol. The van der Waals surface area contributed by atoms with Gasteiger partial charge in [0.25, 0.3) is 5.91 Å². The second-order valence-electron chi connectivity index (χ2n) is 7.36. The van der Waals surface area contributed by atoms with E-state index in [2.05, 4.69) is 30.6 Å². The zero-order valence-corrected chi connectivity index (χ0v) is 17.9. The van der Waals surface area contributed by atoms with Crippen molar-refractivity contribution in [1.82, 2.24) is 25.3 Å². The smallest absolute Gasteiger partial charge is 0.251 e. The number of anilines is 1. The van der Waals surface area contributed by atoms with Crippen molar-refractivity contribution < 1.29 is 9.90 Å². The van der Waals surface area contributed by atoms with Crippen LogP contribution < -0.4 is 10.6 Å². The van der Waals surface area contributed by atoms with Crippen LogP contribution in [0, 0.1) is 0 Å². The number of fused-ring (bicyclic) bond motifs is 1. The van der Waals surface area contributed by atoms with Crippen LogP contribution in [0.15, 0.2) is 61.2 Å². The number of amides is 1. The zero-order valence-electron chi connectivity index (χ0n) is 17.9. The number of hydrogen-bond acceptors (Lipinski definition) is 7. The van der Waals surface area contributed by atoms with Gasteiger partial charge in [-0.15, -0.1) is 0 Å². The van der Waals surface area contributed by atoms with Crippen molar-refractivity contribution in [3.63, 3.8) is 0 Å². The number of benzene rings is 1. The van der Waals surface area contributed by atoms with E-state index in [-0.39, 0.29) is 5.91 Å². The molecule has 8 nitrogen and oxygen atoms in total. The van der Waals surface area contributed by atoms with Crippen LogP contribution in [0.2, 0.25) is 0 Å². The maximum atomic E-state index is 12.2. The van der Waals surface area contributed by atoms with Gasteiger partial charge in [0.2, 0.25) is 0 Å². The Labute approximate surface area is 185 Å². The fourth-order valence-corrected chi connectivity index (χ4v) is 3.51. The van der Waals surface area contributed by atoms with Crippen molar-refractivity contribution in [3.05, 3.63) is 78.0 Å². The van der Waals surface area contributed by atoms with Crippen LogP contribution in [0.3, 0.4) is 0 Å². The monoisotopic (exact) mass is 428 g/mol. The van der Waals surface area contributed by atoms with Gasteiger partial charge in [-0.25, -0.2) is 9.97 Å². The molecular weight excluding hydrogens is 404 g/mol. The Morgan fingerprint density at radius 2 is 1.97 bits per heavy atom. The maximum Gasteiger partial charge on any atom is 0.251 e. The molecule has 4 aromatic rings. The number of hydrogen-bond donors (Lipinski definition) is 3. The average molecular weight is 428 g/mol. The highest BCUT2D eigenvalue weighted by Gasteiger charge is 2.11. The van der Waals surface area contributed by atoms with Crippen LogP contribution >= 0.6 is 0 Å². The molecule has 1 amide bonds. The molecule has 0 spiro atoms. The van der Waals surface area contributed by atoms with Crippen LogP contribution in [0.4, 0.5) is 5.82 Å². The first kappa shape index (κ1) is 21.3. The van der Waals surface area contributed by atoms with Crippen LogP contribution in [0.1, 0.15) is 34.6 Å². The summed E-state index contributed by atoms with van der Waals surface area (Å²) >= 11 is 0. The van der Waals surface area contributed by atoms with Crippen LogP contribution in [-0.2, 0) is 6.42 Å². The van der Waals surface area contributed by atoms with Gasteiger partial charge in [0.1, 0.15) is 12.1 Å². The molecular formula is C24H24N6O2.